The van der Waals surface area contributed by atoms with Crippen molar-refractivity contribution >= 4 is 16.9 Å². The predicted molar refractivity (Wildman–Crippen MR) is 30.2 cm³/mol. The van der Waals surface area contributed by atoms with E-state index in [1.54, 1.807) is 6.26 Å². The van der Waals surface area contributed by atoms with E-state index >= 15 is 0 Å². The molecule has 0 rings (SSSR count). The van der Waals surface area contributed by atoms with Gasteiger partial charge < -0.3 is 5.11 Å². The van der Waals surface area contributed by atoms with Crippen LogP contribution in [0.25, 0.3) is 0 Å². The smallest absolute Gasteiger partial charge is 0.216 e. The molecule has 0 aliphatic heterocycles. The van der Waals surface area contributed by atoms with Gasteiger partial charge in [0.1, 0.15) is 6.10 Å². The highest BCUT2D eigenvalue weighted by atomic mass is 32.2. The summed E-state index contributed by atoms with van der Waals surface area (Å²) in [6.45, 7) is 1.46. The molecule has 42 valence electrons. The summed E-state index contributed by atoms with van der Waals surface area (Å²) in [4.78, 5) is 10.2. The molecule has 0 saturated carbocycles. The van der Waals surface area contributed by atoms with Crippen LogP contribution in [0, 0.1) is 0 Å². The summed E-state index contributed by atoms with van der Waals surface area (Å²) in [7, 11) is 0. The Bertz CT molecular complexity index is 70.1. The molecule has 3 heteroatoms. The van der Waals surface area contributed by atoms with Crippen LogP contribution >= 0.6 is 11.8 Å². The average molecular weight is 120 g/mol. The Kier molecular flexibility index (Phi) is 3.04. The van der Waals surface area contributed by atoms with Crippen LogP contribution in [0.15, 0.2) is 0 Å². The third-order valence-corrected chi connectivity index (χ3v) is 1.29. The summed E-state index contributed by atoms with van der Waals surface area (Å²) in [5, 5.41) is 8.27. The molecule has 0 radical (unpaired) electrons. The Labute approximate surface area is 46.9 Å². The molecular formula is C4H8O2S. The maximum absolute atomic E-state index is 10.2. The molecule has 1 N–H and O–H groups in total. The topological polar surface area (TPSA) is 37.3 Å². The van der Waals surface area contributed by atoms with Gasteiger partial charge in [0.25, 0.3) is 0 Å². The predicted octanol–water partition coefficient (Wildman–Crippen LogP) is 0.257. The van der Waals surface area contributed by atoms with Crippen LogP contribution in [0.2, 0.25) is 0 Å². The molecule has 0 fully saturated rings. The number of thioether (sulfide) groups is 1. The summed E-state index contributed by atoms with van der Waals surface area (Å²) >= 11 is 1.04. The maximum Gasteiger partial charge on any atom is 0.216 e. The number of carbonyl (C=O) groups is 1. The molecule has 0 aliphatic rings. The molecule has 1 unspecified atom stereocenters. The molecule has 0 aromatic heterocycles. The zero-order chi connectivity index (χ0) is 5.86. The molecule has 0 spiro atoms. The first-order valence-electron chi connectivity index (χ1n) is 1.94. The van der Waals surface area contributed by atoms with E-state index < -0.39 is 6.10 Å². The fourth-order valence-electron chi connectivity index (χ4n) is 0.171. The third kappa shape index (κ3) is 2.65. The molecule has 2 nitrogen and oxygen atoms in total. The van der Waals surface area contributed by atoms with Crippen molar-refractivity contribution in [1.29, 1.82) is 0 Å². The van der Waals surface area contributed by atoms with Gasteiger partial charge in [0.05, 0.1) is 0 Å². The number of hydrogen-bond acceptors (Lipinski definition) is 3. The van der Waals surface area contributed by atoms with Crippen LogP contribution in [-0.4, -0.2) is 22.6 Å². The van der Waals surface area contributed by atoms with Crippen molar-refractivity contribution in [2.45, 2.75) is 13.0 Å². The zero-order valence-electron chi connectivity index (χ0n) is 4.34. The van der Waals surface area contributed by atoms with Crippen molar-refractivity contribution in [3.63, 3.8) is 0 Å². The van der Waals surface area contributed by atoms with Crippen molar-refractivity contribution in [2.75, 3.05) is 6.26 Å². The van der Waals surface area contributed by atoms with E-state index in [-0.39, 0.29) is 5.12 Å². The third-order valence-electron chi connectivity index (χ3n) is 0.542. The largest absolute Gasteiger partial charge is 0.385 e. The van der Waals surface area contributed by atoms with Crippen LogP contribution in [0.1, 0.15) is 6.92 Å². The lowest BCUT2D eigenvalue weighted by molar-refractivity contribution is -0.117. The van der Waals surface area contributed by atoms with Crippen LogP contribution in [0.5, 0.6) is 0 Å². The SMILES string of the molecule is CSC(=O)C(C)O. The molecule has 0 heterocycles. The second-order valence-corrected chi connectivity index (χ2v) is 2.01. The van der Waals surface area contributed by atoms with E-state index in [9.17, 15) is 4.79 Å². The van der Waals surface area contributed by atoms with Gasteiger partial charge in [-0.2, -0.15) is 0 Å². The highest BCUT2D eigenvalue weighted by molar-refractivity contribution is 8.13. The van der Waals surface area contributed by atoms with E-state index in [4.69, 9.17) is 5.11 Å². The molecule has 0 aromatic carbocycles. The fraction of sp³-hybridized carbons (Fsp3) is 0.750. The highest BCUT2D eigenvalue weighted by Crippen LogP contribution is 1.97. The second-order valence-electron chi connectivity index (χ2n) is 1.20. The summed E-state index contributed by atoms with van der Waals surface area (Å²) in [5.41, 5.74) is 0. The summed E-state index contributed by atoms with van der Waals surface area (Å²) in [5.74, 6) is 0. The molecule has 0 aliphatic carbocycles. The maximum atomic E-state index is 10.2. The molecule has 0 bridgehead atoms. The van der Waals surface area contributed by atoms with Crippen molar-refractivity contribution in [1.82, 2.24) is 0 Å². The fourth-order valence-corrected chi connectivity index (χ4v) is 0.512. The molecular weight excluding hydrogens is 112 g/mol. The van der Waals surface area contributed by atoms with Crippen molar-refractivity contribution < 1.29 is 9.90 Å². The van der Waals surface area contributed by atoms with Gasteiger partial charge in [-0.15, -0.1) is 0 Å². The zero-order valence-corrected chi connectivity index (χ0v) is 5.16. The van der Waals surface area contributed by atoms with Gasteiger partial charge in [-0.25, -0.2) is 0 Å². The number of hydrogen-bond donors (Lipinski definition) is 1. The van der Waals surface area contributed by atoms with Gasteiger partial charge >= 0.3 is 0 Å². The molecule has 0 amide bonds. The van der Waals surface area contributed by atoms with Gasteiger partial charge in [-0.1, -0.05) is 11.8 Å². The Morgan fingerprint density at radius 1 is 1.86 bits per heavy atom. The number of carbonyl (C=O) groups excluding carboxylic acids is 1. The summed E-state index contributed by atoms with van der Waals surface area (Å²) < 4.78 is 0. The van der Waals surface area contributed by atoms with E-state index in [0.717, 1.165) is 11.8 Å². The highest BCUT2D eigenvalue weighted by Gasteiger charge is 2.03. The Hall–Kier alpha value is -0.0200. The first-order valence-corrected chi connectivity index (χ1v) is 3.17. The first-order chi connectivity index (χ1) is 3.18. The van der Waals surface area contributed by atoms with Gasteiger partial charge in [0.15, 0.2) is 0 Å². The minimum absolute atomic E-state index is 0.181. The lowest BCUT2D eigenvalue weighted by Gasteiger charge is -1.94. The molecule has 0 saturated heterocycles. The van der Waals surface area contributed by atoms with Crippen LogP contribution in [0.3, 0.4) is 0 Å². The normalized spacial score (nSPS) is 13.6. The van der Waals surface area contributed by atoms with Gasteiger partial charge in [0.2, 0.25) is 5.12 Å². The van der Waals surface area contributed by atoms with Gasteiger partial charge in [-0.05, 0) is 13.2 Å². The van der Waals surface area contributed by atoms with E-state index in [1.165, 1.54) is 6.92 Å². The molecule has 0 aromatic rings. The quantitative estimate of drug-likeness (QED) is 0.539. The average Bonchev–Trinajstić information content (AvgIpc) is 1.65. The second kappa shape index (κ2) is 3.04. The number of aliphatic hydroxyl groups is 1. The number of rotatable bonds is 1. The standard InChI is InChI=1S/C4H8O2S/c1-3(5)4(6)7-2/h3,5H,1-2H3. The Morgan fingerprint density at radius 2 is 2.29 bits per heavy atom. The van der Waals surface area contributed by atoms with Crippen molar-refractivity contribution in [3.05, 3.63) is 0 Å². The van der Waals surface area contributed by atoms with E-state index in [2.05, 4.69) is 0 Å². The summed E-state index contributed by atoms with van der Waals surface area (Å²) in [6, 6.07) is 0. The summed E-state index contributed by atoms with van der Waals surface area (Å²) in [6.07, 6.45) is 0.838. The minimum Gasteiger partial charge on any atom is -0.385 e. The monoisotopic (exact) mass is 120 g/mol. The first kappa shape index (κ1) is 6.98. The molecule has 1 atom stereocenters. The lowest BCUT2D eigenvalue weighted by atomic mass is 10.5. The van der Waals surface area contributed by atoms with E-state index in [1.807, 2.05) is 0 Å². The Balaban J connectivity index is 3.35. The minimum atomic E-state index is -0.810. The van der Waals surface area contributed by atoms with Crippen LogP contribution in [0.4, 0.5) is 0 Å². The van der Waals surface area contributed by atoms with Gasteiger partial charge in [0, 0.05) is 0 Å². The van der Waals surface area contributed by atoms with E-state index in [0.29, 0.717) is 0 Å². The lowest BCUT2D eigenvalue weighted by Crippen LogP contribution is -2.10. The molecule has 7 heavy (non-hydrogen) atoms. The van der Waals surface area contributed by atoms with Crippen LogP contribution in [-0.2, 0) is 4.79 Å². The van der Waals surface area contributed by atoms with Crippen molar-refractivity contribution in [3.8, 4) is 0 Å². The Morgan fingerprint density at radius 3 is 2.29 bits per heavy atom. The van der Waals surface area contributed by atoms with Gasteiger partial charge in [-0.3, -0.25) is 4.79 Å². The number of aliphatic hydroxyl groups excluding tert-OH is 1. The van der Waals surface area contributed by atoms with Crippen molar-refractivity contribution in [2.24, 2.45) is 0 Å². The van der Waals surface area contributed by atoms with Crippen LogP contribution < -0.4 is 0 Å².